The average Bonchev–Trinajstić information content (AvgIpc) is 3.04. The number of hydrogen-bond acceptors (Lipinski definition) is 4. The Labute approximate surface area is 172 Å². The Balaban J connectivity index is 1.58. The van der Waals surface area contributed by atoms with Crippen molar-refractivity contribution in [2.45, 2.75) is 13.2 Å². The number of benzene rings is 2. The number of carbonyl (C=O) groups is 1. The van der Waals surface area contributed by atoms with Crippen LogP contribution < -0.4 is 9.47 Å². The van der Waals surface area contributed by atoms with Gasteiger partial charge in [-0.2, -0.15) is 5.10 Å². The minimum absolute atomic E-state index is 0.0456. The van der Waals surface area contributed by atoms with Gasteiger partial charge in [0.1, 0.15) is 18.1 Å². The number of halogens is 1. The number of nitrogens with zero attached hydrogens (tertiary/aromatic N) is 3. The molecule has 0 N–H and O–H groups in total. The highest BCUT2D eigenvalue weighted by atomic mass is 79.9. The maximum atomic E-state index is 12.7. The van der Waals surface area contributed by atoms with Crippen molar-refractivity contribution in [2.75, 3.05) is 14.2 Å². The molecule has 1 heterocycles. The fraction of sp³-hybridized carbons (Fsp3) is 0.238. The summed E-state index contributed by atoms with van der Waals surface area (Å²) in [4.78, 5) is 14.4. The van der Waals surface area contributed by atoms with Crippen molar-refractivity contribution in [3.63, 3.8) is 0 Å². The van der Waals surface area contributed by atoms with Crippen molar-refractivity contribution >= 4 is 21.8 Å². The molecule has 0 unspecified atom stereocenters. The van der Waals surface area contributed by atoms with Crippen LogP contribution in [0.1, 0.15) is 21.6 Å². The Hall–Kier alpha value is -2.80. The molecule has 3 rings (SSSR count). The predicted octanol–water partition coefficient (Wildman–Crippen LogP) is 4.04. The molecule has 6 nitrogen and oxygen atoms in total. The molecule has 7 heteroatoms. The summed E-state index contributed by atoms with van der Waals surface area (Å²) >= 11 is 3.46. The lowest BCUT2D eigenvalue weighted by Crippen LogP contribution is -2.27. The fourth-order valence-corrected chi connectivity index (χ4v) is 3.19. The number of ether oxygens (including phenoxy) is 2. The van der Waals surface area contributed by atoms with E-state index in [1.54, 1.807) is 29.9 Å². The van der Waals surface area contributed by atoms with E-state index in [9.17, 15) is 4.79 Å². The predicted molar refractivity (Wildman–Crippen MR) is 110 cm³/mol. The van der Waals surface area contributed by atoms with Crippen molar-refractivity contribution in [1.29, 1.82) is 0 Å². The number of hydrogen-bond donors (Lipinski definition) is 0. The zero-order valence-corrected chi connectivity index (χ0v) is 17.6. The molecule has 0 fully saturated rings. The first-order valence-electron chi connectivity index (χ1n) is 8.75. The summed E-state index contributed by atoms with van der Waals surface area (Å²) in [6.45, 7) is 0.900. The fourth-order valence-electron chi connectivity index (χ4n) is 2.71. The van der Waals surface area contributed by atoms with E-state index in [2.05, 4.69) is 21.0 Å². The third-order valence-corrected chi connectivity index (χ3v) is 5.07. The summed E-state index contributed by atoms with van der Waals surface area (Å²) in [6, 6.07) is 14.9. The second-order valence-electron chi connectivity index (χ2n) is 6.39. The summed E-state index contributed by atoms with van der Waals surface area (Å²) in [5, 5.41) is 4.18. The summed E-state index contributed by atoms with van der Waals surface area (Å²) in [5.74, 6) is 1.51. The second-order valence-corrected chi connectivity index (χ2v) is 7.24. The highest BCUT2D eigenvalue weighted by molar-refractivity contribution is 9.10. The van der Waals surface area contributed by atoms with Gasteiger partial charge in [0.2, 0.25) is 0 Å². The van der Waals surface area contributed by atoms with Crippen LogP contribution in [-0.2, 0) is 20.2 Å². The van der Waals surface area contributed by atoms with Gasteiger partial charge in [0.05, 0.1) is 30.0 Å². The summed E-state index contributed by atoms with van der Waals surface area (Å²) in [7, 11) is 5.27. The number of amides is 1. The third-order valence-electron chi connectivity index (χ3n) is 4.41. The number of aromatic nitrogens is 2. The Morgan fingerprint density at radius 1 is 1.11 bits per heavy atom. The largest absolute Gasteiger partial charge is 0.497 e. The van der Waals surface area contributed by atoms with Crippen LogP contribution in [-0.4, -0.2) is 34.7 Å². The quantitative estimate of drug-likeness (QED) is 0.552. The van der Waals surface area contributed by atoms with E-state index >= 15 is 0 Å². The van der Waals surface area contributed by atoms with Crippen LogP contribution in [0.25, 0.3) is 0 Å². The van der Waals surface area contributed by atoms with Crippen molar-refractivity contribution in [3.05, 3.63) is 76.0 Å². The van der Waals surface area contributed by atoms with Crippen molar-refractivity contribution in [2.24, 2.45) is 7.05 Å². The van der Waals surface area contributed by atoms with Crippen LogP contribution in [0.2, 0.25) is 0 Å². The molecule has 0 saturated carbocycles. The molecule has 1 aromatic heterocycles. The normalized spacial score (nSPS) is 10.6. The molecular weight excluding hydrogens is 422 g/mol. The van der Waals surface area contributed by atoms with E-state index in [0.29, 0.717) is 18.7 Å². The molecular formula is C21H22BrN3O3. The number of rotatable bonds is 7. The highest BCUT2D eigenvalue weighted by Crippen LogP contribution is 2.19. The first-order chi connectivity index (χ1) is 13.5. The third kappa shape index (κ3) is 4.72. The molecule has 3 aromatic rings. The van der Waals surface area contributed by atoms with Gasteiger partial charge in [-0.05, 0) is 57.9 Å². The van der Waals surface area contributed by atoms with E-state index in [1.165, 1.54) is 0 Å². The lowest BCUT2D eigenvalue weighted by molar-refractivity contribution is 0.0781. The Morgan fingerprint density at radius 2 is 1.75 bits per heavy atom. The molecule has 0 radical (unpaired) electrons. The van der Waals surface area contributed by atoms with E-state index in [4.69, 9.17) is 9.47 Å². The van der Waals surface area contributed by atoms with Crippen LogP contribution in [0.4, 0.5) is 0 Å². The minimum Gasteiger partial charge on any atom is -0.497 e. The van der Waals surface area contributed by atoms with Gasteiger partial charge in [0.25, 0.3) is 5.91 Å². The Bertz CT molecular complexity index is 917. The number of carbonyl (C=O) groups excluding carboxylic acids is 1. The molecule has 0 spiro atoms. The van der Waals surface area contributed by atoms with Gasteiger partial charge in [-0.3, -0.25) is 9.48 Å². The molecule has 0 saturated heterocycles. The van der Waals surface area contributed by atoms with Crippen molar-refractivity contribution in [3.8, 4) is 11.5 Å². The van der Waals surface area contributed by atoms with Gasteiger partial charge in [-0.1, -0.05) is 12.1 Å². The van der Waals surface area contributed by atoms with Gasteiger partial charge >= 0.3 is 0 Å². The number of methoxy groups -OCH3 is 1. The maximum Gasteiger partial charge on any atom is 0.253 e. The van der Waals surface area contributed by atoms with Crippen LogP contribution in [0.3, 0.4) is 0 Å². The Kier molecular flexibility index (Phi) is 6.36. The van der Waals surface area contributed by atoms with Crippen molar-refractivity contribution < 1.29 is 14.3 Å². The van der Waals surface area contributed by atoms with Crippen LogP contribution in [0.5, 0.6) is 11.5 Å². The molecule has 0 atom stereocenters. The average molecular weight is 444 g/mol. The van der Waals surface area contributed by atoms with Gasteiger partial charge in [-0.25, -0.2) is 0 Å². The highest BCUT2D eigenvalue weighted by Gasteiger charge is 2.15. The Morgan fingerprint density at radius 3 is 2.32 bits per heavy atom. The minimum atomic E-state index is -0.0456. The van der Waals surface area contributed by atoms with E-state index in [0.717, 1.165) is 27.2 Å². The van der Waals surface area contributed by atoms with Gasteiger partial charge in [0.15, 0.2) is 0 Å². The summed E-state index contributed by atoms with van der Waals surface area (Å²) < 4.78 is 13.6. The summed E-state index contributed by atoms with van der Waals surface area (Å²) in [6.07, 6.45) is 1.73. The smallest absolute Gasteiger partial charge is 0.253 e. The van der Waals surface area contributed by atoms with E-state index < -0.39 is 0 Å². The first kappa shape index (κ1) is 19.9. The molecule has 0 bridgehead atoms. The standard InChI is InChI=1S/C21H22BrN3O3/c1-24(13-20-19(22)12-23-25(20)2)21(26)16-6-4-15(5-7-16)14-28-18-10-8-17(27-3)9-11-18/h4-12H,13-14H2,1-3H3. The van der Waals surface area contributed by atoms with E-state index in [1.807, 2.05) is 55.6 Å². The lowest BCUT2D eigenvalue weighted by Gasteiger charge is -2.18. The topological polar surface area (TPSA) is 56.6 Å². The second kappa shape index (κ2) is 8.93. The molecule has 1 amide bonds. The zero-order chi connectivity index (χ0) is 20.1. The number of aryl methyl sites for hydroxylation is 1. The monoisotopic (exact) mass is 443 g/mol. The molecule has 0 aliphatic heterocycles. The van der Waals surface area contributed by atoms with Crippen LogP contribution in [0, 0.1) is 0 Å². The molecule has 2 aromatic carbocycles. The van der Waals surface area contributed by atoms with Gasteiger partial charge < -0.3 is 14.4 Å². The molecule has 28 heavy (non-hydrogen) atoms. The lowest BCUT2D eigenvalue weighted by atomic mass is 10.1. The molecule has 0 aliphatic rings. The van der Waals surface area contributed by atoms with E-state index in [-0.39, 0.29) is 5.91 Å². The first-order valence-corrected chi connectivity index (χ1v) is 9.55. The van der Waals surface area contributed by atoms with Crippen molar-refractivity contribution in [1.82, 2.24) is 14.7 Å². The van der Waals surface area contributed by atoms with Gasteiger partial charge in [0, 0.05) is 19.7 Å². The van der Waals surface area contributed by atoms with Crippen LogP contribution >= 0.6 is 15.9 Å². The van der Waals surface area contributed by atoms with Gasteiger partial charge in [-0.15, -0.1) is 0 Å². The zero-order valence-electron chi connectivity index (χ0n) is 16.1. The van der Waals surface area contributed by atoms with Crippen LogP contribution in [0.15, 0.2) is 59.2 Å². The maximum absolute atomic E-state index is 12.7. The molecule has 0 aliphatic carbocycles. The SMILES string of the molecule is COc1ccc(OCc2ccc(C(=O)N(C)Cc3c(Br)cnn3C)cc2)cc1. The summed E-state index contributed by atoms with van der Waals surface area (Å²) in [5.41, 5.74) is 2.57. The molecule has 146 valence electrons.